The molecule has 1 amide bonds. The smallest absolute Gasteiger partial charge is 0.416 e. The third-order valence-corrected chi connectivity index (χ3v) is 3.57. The third kappa shape index (κ3) is 4.12. The number of ether oxygens (including phenoxy) is 1. The second-order valence-electron chi connectivity index (χ2n) is 4.48. The molecule has 116 valence electrons. The van der Waals surface area contributed by atoms with E-state index in [1.165, 1.54) is 12.1 Å². The van der Waals surface area contributed by atoms with Crippen LogP contribution in [0.2, 0.25) is 0 Å². The van der Waals surface area contributed by atoms with Crippen LogP contribution in [0.5, 0.6) is 5.75 Å². The topological polar surface area (TPSA) is 52.3 Å². The normalized spacial score (nSPS) is 12.7. The van der Waals surface area contributed by atoms with Crippen LogP contribution in [-0.2, 0) is 11.0 Å². The molecule has 1 atom stereocenters. The highest BCUT2D eigenvalue weighted by Crippen LogP contribution is 2.32. The number of benzene rings is 2. The average Bonchev–Trinajstić information content (AvgIpc) is 2.45. The summed E-state index contributed by atoms with van der Waals surface area (Å²) in [6, 6.07) is 11.1. The van der Waals surface area contributed by atoms with Crippen molar-refractivity contribution in [3.63, 3.8) is 0 Å². The number of amides is 1. The summed E-state index contributed by atoms with van der Waals surface area (Å²) < 4.78 is 44.4. The average molecular weight is 421 g/mol. The minimum atomic E-state index is -4.48. The molecule has 22 heavy (non-hydrogen) atoms. The van der Waals surface area contributed by atoms with Gasteiger partial charge in [-0.25, -0.2) is 0 Å². The molecule has 1 unspecified atom stereocenters. The molecule has 7 heteroatoms. The van der Waals surface area contributed by atoms with Crippen molar-refractivity contribution in [1.29, 1.82) is 0 Å². The molecule has 0 aliphatic rings. The molecule has 0 saturated carbocycles. The first-order valence-electron chi connectivity index (χ1n) is 6.16. The molecular formula is C15H11F3INO2. The number of primary amides is 1. The van der Waals surface area contributed by atoms with Crippen molar-refractivity contribution < 1.29 is 22.7 Å². The van der Waals surface area contributed by atoms with Crippen molar-refractivity contribution in [2.45, 2.75) is 12.3 Å². The summed E-state index contributed by atoms with van der Waals surface area (Å²) in [6.07, 6.45) is -5.63. The number of alkyl halides is 3. The first kappa shape index (κ1) is 16.6. The standard InChI is InChI=1S/C15H11F3INO2/c16-15(17,18)10-2-1-3-12(8-10)22-13(14(20)21)9-4-6-11(19)7-5-9/h1-8,13H,(H2,20,21). The molecule has 2 aromatic carbocycles. The maximum Gasteiger partial charge on any atom is 0.416 e. The van der Waals surface area contributed by atoms with Crippen LogP contribution in [-0.4, -0.2) is 5.91 Å². The number of carbonyl (C=O) groups excluding carboxylic acids is 1. The van der Waals surface area contributed by atoms with Gasteiger partial charge in [-0.2, -0.15) is 13.2 Å². The van der Waals surface area contributed by atoms with Gasteiger partial charge in [0.1, 0.15) is 5.75 Å². The molecule has 2 aromatic rings. The summed E-state index contributed by atoms with van der Waals surface area (Å²) in [5.74, 6) is -0.851. The summed E-state index contributed by atoms with van der Waals surface area (Å²) in [4.78, 5) is 11.5. The van der Waals surface area contributed by atoms with Gasteiger partial charge in [0.2, 0.25) is 6.10 Å². The van der Waals surface area contributed by atoms with Crippen LogP contribution in [0.15, 0.2) is 48.5 Å². The van der Waals surface area contributed by atoms with Crippen LogP contribution in [0, 0.1) is 3.57 Å². The monoisotopic (exact) mass is 421 g/mol. The van der Waals surface area contributed by atoms with E-state index < -0.39 is 23.8 Å². The maximum absolute atomic E-state index is 12.7. The zero-order chi connectivity index (χ0) is 16.3. The number of hydrogen-bond acceptors (Lipinski definition) is 2. The van der Waals surface area contributed by atoms with Gasteiger partial charge in [0, 0.05) is 9.13 Å². The Hall–Kier alpha value is -1.77. The van der Waals surface area contributed by atoms with Crippen molar-refractivity contribution in [2.24, 2.45) is 5.73 Å². The number of nitrogens with two attached hydrogens (primary N) is 1. The highest BCUT2D eigenvalue weighted by molar-refractivity contribution is 14.1. The van der Waals surface area contributed by atoms with Gasteiger partial charge in [-0.3, -0.25) is 4.79 Å². The second-order valence-corrected chi connectivity index (χ2v) is 5.72. The molecule has 0 aromatic heterocycles. The number of hydrogen-bond donors (Lipinski definition) is 1. The highest BCUT2D eigenvalue weighted by Gasteiger charge is 2.31. The predicted molar refractivity (Wildman–Crippen MR) is 83.2 cm³/mol. The number of rotatable bonds is 4. The summed E-state index contributed by atoms with van der Waals surface area (Å²) in [5.41, 5.74) is 4.92. The molecule has 0 heterocycles. The lowest BCUT2D eigenvalue weighted by atomic mass is 10.1. The van der Waals surface area contributed by atoms with Crippen LogP contribution in [0.1, 0.15) is 17.2 Å². The van der Waals surface area contributed by atoms with Gasteiger partial charge in [0.15, 0.2) is 0 Å². The Labute approximate surface area is 138 Å². The molecule has 0 aliphatic heterocycles. The second kappa shape index (κ2) is 6.55. The van der Waals surface area contributed by atoms with E-state index in [2.05, 4.69) is 22.6 Å². The molecule has 2 N–H and O–H groups in total. The quantitative estimate of drug-likeness (QED) is 0.762. The Bertz CT molecular complexity index is 671. The Morgan fingerprint density at radius 2 is 1.77 bits per heavy atom. The van der Waals surface area contributed by atoms with E-state index in [0.717, 1.165) is 15.7 Å². The van der Waals surface area contributed by atoms with E-state index in [0.29, 0.717) is 5.56 Å². The summed E-state index contributed by atoms with van der Waals surface area (Å²) in [5, 5.41) is 0. The van der Waals surface area contributed by atoms with Gasteiger partial charge in [-0.05, 0) is 52.9 Å². The van der Waals surface area contributed by atoms with Crippen LogP contribution in [0.25, 0.3) is 0 Å². The van der Waals surface area contributed by atoms with Crippen molar-refractivity contribution >= 4 is 28.5 Å². The summed E-state index contributed by atoms with van der Waals surface area (Å²) in [7, 11) is 0. The molecule has 3 nitrogen and oxygen atoms in total. The number of carbonyl (C=O) groups is 1. The Morgan fingerprint density at radius 3 is 2.32 bits per heavy atom. The lowest BCUT2D eigenvalue weighted by Crippen LogP contribution is -2.26. The fraction of sp³-hybridized carbons (Fsp3) is 0.133. The predicted octanol–water partition coefficient (Wildman–Crippen LogP) is 3.92. The minimum Gasteiger partial charge on any atom is -0.476 e. The first-order chi connectivity index (χ1) is 10.3. The van der Waals surface area contributed by atoms with Gasteiger partial charge >= 0.3 is 6.18 Å². The summed E-state index contributed by atoms with van der Waals surface area (Å²) in [6.45, 7) is 0. The molecule has 0 fully saturated rings. The zero-order valence-electron chi connectivity index (χ0n) is 11.1. The molecule has 0 spiro atoms. The van der Waals surface area contributed by atoms with Gasteiger partial charge < -0.3 is 10.5 Å². The van der Waals surface area contributed by atoms with Gasteiger partial charge in [0.25, 0.3) is 5.91 Å². The van der Waals surface area contributed by atoms with E-state index in [4.69, 9.17) is 10.5 Å². The van der Waals surface area contributed by atoms with E-state index in [9.17, 15) is 18.0 Å². The first-order valence-corrected chi connectivity index (χ1v) is 7.24. The molecule has 0 radical (unpaired) electrons. The van der Waals surface area contributed by atoms with E-state index in [1.807, 2.05) is 0 Å². The van der Waals surface area contributed by atoms with Crippen LogP contribution in [0.3, 0.4) is 0 Å². The zero-order valence-corrected chi connectivity index (χ0v) is 13.3. The van der Waals surface area contributed by atoms with Crippen molar-refractivity contribution in [3.05, 3.63) is 63.2 Å². The van der Waals surface area contributed by atoms with Gasteiger partial charge in [-0.1, -0.05) is 18.2 Å². The Balaban J connectivity index is 2.29. The van der Waals surface area contributed by atoms with Gasteiger partial charge in [0.05, 0.1) is 5.56 Å². The SMILES string of the molecule is NC(=O)C(Oc1cccc(C(F)(F)F)c1)c1ccc(I)cc1. The number of halogens is 4. The Morgan fingerprint density at radius 1 is 1.14 bits per heavy atom. The lowest BCUT2D eigenvalue weighted by molar-refractivity contribution is -0.137. The minimum absolute atomic E-state index is 0.0721. The van der Waals surface area contributed by atoms with E-state index in [1.54, 1.807) is 24.3 Å². The van der Waals surface area contributed by atoms with Crippen LogP contribution < -0.4 is 10.5 Å². The van der Waals surface area contributed by atoms with Crippen molar-refractivity contribution in [1.82, 2.24) is 0 Å². The van der Waals surface area contributed by atoms with Crippen LogP contribution >= 0.6 is 22.6 Å². The maximum atomic E-state index is 12.7. The van der Waals surface area contributed by atoms with E-state index >= 15 is 0 Å². The highest BCUT2D eigenvalue weighted by atomic mass is 127. The fourth-order valence-corrected chi connectivity index (χ4v) is 2.17. The van der Waals surface area contributed by atoms with Crippen molar-refractivity contribution in [3.8, 4) is 5.75 Å². The summed E-state index contributed by atoms with van der Waals surface area (Å²) >= 11 is 2.09. The molecular weight excluding hydrogens is 410 g/mol. The largest absolute Gasteiger partial charge is 0.476 e. The molecule has 0 saturated heterocycles. The third-order valence-electron chi connectivity index (χ3n) is 2.85. The lowest BCUT2D eigenvalue weighted by Gasteiger charge is -2.17. The molecule has 0 aliphatic carbocycles. The van der Waals surface area contributed by atoms with Crippen LogP contribution in [0.4, 0.5) is 13.2 Å². The Kier molecular flexibility index (Phi) is 4.94. The molecule has 2 rings (SSSR count). The molecule has 0 bridgehead atoms. The van der Waals surface area contributed by atoms with E-state index in [-0.39, 0.29) is 5.75 Å². The van der Waals surface area contributed by atoms with Crippen molar-refractivity contribution in [2.75, 3.05) is 0 Å². The fourth-order valence-electron chi connectivity index (χ4n) is 1.81. The van der Waals surface area contributed by atoms with Gasteiger partial charge in [-0.15, -0.1) is 0 Å².